The van der Waals surface area contributed by atoms with E-state index >= 15 is 0 Å². The predicted octanol–water partition coefficient (Wildman–Crippen LogP) is 5.00. The standard InChI is InChI=1S/C27H28Cl2N4O5/c1-4-17(34)5-15-10-37-13-20(15)32-23-7-18-14(9-30-23)6-19(33-27(18)31-16-11-38-12-16)24-25(28)21(35-2)8-22(36-3)26(24)29/h4,6-9,15-16,20H,1,5,10-13H2,2-3H3,(H,30,32)(H,31,33)/t15-,20+/m0/s1. The summed E-state index contributed by atoms with van der Waals surface area (Å²) in [6.45, 7) is 5.73. The van der Waals surface area contributed by atoms with Crippen LogP contribution < -0.4 is 20.1 Å². The molecule has 0 saturated carbocycles. The number of allylic oxidation sites excluding steroid dienone is 1. The molecule has 2 aliphatic heterocycles. The van der Waals surface area contributed by atoms with Crippen LogP contribution in [-0.2, 0) is 14.3 Å². The maximum Gasteiger partial charge on any atom is 0.155 e. The first-order valence-corrected chi connectivity index (χ1v) is 12.9. The number of hydrogen-bond acceptors (Lipinski definition) is 9. The molecule has 4 heterocycles. The molecule has 2 saturated heterocycles. The predicted molar refractivity (Wildman–Crippen MR) is 148 cm³/mol. The van der Waals surface area contributed by atoms with Gasteiger partial charge in [-0.05, 0) is 18.2 Å². The Kier molecular flexibility index (Phi) is 7.90. The molecule has 0 unspecified atom stereocenters. The van der Waals surface area contributed by atoms with Crippen LogP contribution in [0.15, 0.2) is 37.1 Å². The molecule has 1 aromatic carbocycles. The number of methoxy groups -OCH3 is 2. The van der Waals surface area contributed by atoms with Gasteiger partial charge in [0.15, 0.2) is 5.78 Å². The number of halogens is 2. The van der Waals surface area contributed by atoms with Crippen LogP contribution in [-0.4, -0.2) is 68.5 Å². The fourth-order valence-electron chi connectivity index (χ4n) is 4.58. The highest BCUT2D eigenvalue weighted by Crippen LogP contribution is 2.46. The lowest BCUT2D eigenvalue weighted by atomic mass is 9.97. The number of carbonyl (C=O) groups excluding carboxylic acids is 1. The molecule has 0 amide bonds. The third-order valence-corrected chi connectivity index (χ3v) is 7.50. The first-order chi connectivity index (χ1) is 18.4. The van der Waals surface area contributed by atoms with E-state index in [0.717, 1.165) is 10.8 Å². The summed E-state index contributed by atoms with van der Waals surface area (Å²) in [4.78, 5) is 21.5. The average molecular weight is 559 g/mol. The monoisotopic (exact) mass is 558 g/mol. The van der Waals surface area contributed by atoms with Crippen molar-refractivity contribution in [3.05, 3.63) is 47.1 Å². The molecule has 0 bridgehead atoms. The van der Waals surface area contributed by atoms with Crippen molar-refractivity contribution in [1.82, 2.24) is 9.97 Å². The summed E-state index contributed by atoms with van der Waals surface area (Å²) >= 11 is 13.4. The highest BCUT2D eigenvalue weighted by Gasteiger charge is 2.30. The number of ether oxygens (including phenoxy) is 4. The SMILES string of the molecule is C=CC(=O)C[C@H]1COC[C@H]1Nc1cc2c(NC3COC3)nc(-c3c(Cl)c(OC)cc(OC)c3Cl)cc2cn1. The minimum atomic E-state index is -0.0469. The molecule has 9 nitrogen and oxygen atoms in total. The number of rotatable bonds is 10. The Bertz CT molecular complexity index is 1350. The van der Waals surface area contributed by atoms with E-state index in [2.05, 4.69) is 22.2 Å². The van der Waals surface area contributed by atoms with Crippen molar-refractivity contribution < 1.29 is 23.7 Å². The van der Waals surface area contributed by atoms with Crippen LogP contribution in [0, 0.1) is 5.92 Å². The van der Waals surface area contributed by atoms with Crippen LogP contribution in [0.4, 0.5) is 11.6 Å². The molecule has 0 radical (unpaired) electrons. The normalized spacial score (nSPS) is 19.2. The molecule has 2 atom stereocenters. The van der Waals surface area contributed by atoms with E-state index in [1.54, 1.807) is 12.3 Å². The highest BCUT2D eigenvalue weighted by atomic mass is 35.5. The van der Waals surface area contributed by atoms with Gasteiger partial charge in [-0.3, -0.25) is 4.79 Å². The summed E-state index contributed by atoms with van der Waals surface area (Å²) in [7, 11) is 3.06. The molecule has 200 valence electrons. The molecular weight excluding hydrogens is 531 g/mol. The van der Waals surface area contributed by atoms with Crippen molar-refractivity contribution in [3.8, 4) is 22.8 Å². The fraction of sp³-hybridized carbons (Fsp3) is 0.370. The second-order valence-corrected chi connectivity index (χ2v) is 9.99. The van der Waals surface area contributed by atoms with Crippen molar-refractivity contribution in [1.29, 1.82) is 0 Å². The van der Waals surface area contributed by atoms with Gasteiger partial charge in [0.25, 0.3) is 0 Å². The third-order valence-electron chi connectivity index (χ3n) is 6.75. The maximum atomic E-state index is 11.9. The van der Waals surface area contributed by atoms with Gasteiger partial charge in [0.05, 0.1) is 68.5 Å². The molecule has 2 aliphatic rings. The van der Waals surface area contributed by atoms with Crippen LogP contribution >= 0.6 is 23.2 Å². The quantitative estimate of drug-likeness (QED) is 0.332. The number of carbonyl (C=O) groups is 1. The number of nitrogens with zero attached hydrogens (tertiary/aromatic N) is 2. The molecule has 2 N–H and O–H groups in total. The minimum Gasteiger partial charge on any atom is -0.495 e. The van der Waals surface area contributed by atoms with E-state index in [1.165, 1.54) is 20.3 Å². The first-order valence-electron chi connectivity index (χ1n) is 12.2. The lowest BCUT2D eigenvalue weighted by Gasteiger charge is -2.28. The van der Waals surface area contributed by atoms with Gasteiger partial charge in [0.2, 0.25) is 0 Å². The van der Waals surface area contributed by atoms with E-state index in [0.29, 0.717) is 77.3 Å². The fourth-order valence-corrected chi connectivity index (χ4v) is 5.27. The number of pyridine rings is 2. The Labute approximate surface area is 230 Å². The third kappa shape index (κ3) is 5.24. The summed E-state index contributed by atoms with van der Waals surface area (Å²) in [5, 5.41) is 9.26. The Morgan fingerprint density at radius 3 is 2.42 bits per heavy atom. The average Bonchev–Trinajstić information content (AvgIpc) is 3.32. The van der Waals surface area contributed by atoms with Gasteiger partial charge >= 0.3 is 0 Å². The van der Waals surface area contributed by atoms with Crippen molar-refractivity contribution in [2.24, 2.45) is 5.92 Å². The van der Waals surface area contributed by atoms with Gasteiger partial charge in [-0.15, -0.1) is 0 Å². The van der Waals surface area contributed by atoms with Crippen molar-refractivity contribution >= 4 is 51.4 Å². The number of aromatic nitrogens is 2. The second kappa shape index (κ2) is 11.3. The first kappa shape index (κ1) is 26.5. The van der Waals surface area contributed by atoms with Crippen LogP contribution in [0.2, 0.25) is 10.0 Å². The van der Waals surface area contributed by atoms with Crippen LogP contribution in [0.1, 0.15) is 6.42 Å². The summed E-state index contributed by atoms with van der Waals surface area (Å²) in [5.74, 6) is 2.18. The number of benzene rings is 1. The van der Waals surface area contributed by atoms with Gasteiger partial charge in [-0.2, -0.15) is 0 Å². The molecule has 5 rings (SSSR count). The smallest absolute Gasteiger partial charge is 0.155 e. The largest absolute Gasteiger partial charge is 0.495 e. The van der Waals surface area contributed by atoms with Gasteiger partial charge in [0, 0.05) is 40.9 Å². The van der Waals surface area contributed by atoms with E-state index in [9.17, 15) is 4.79 Å². The zero-order valence-corrected chi connectivity index (χ0v) is 22.6. The molecular formula is C27H28Cl2N4O5. The highest BCUT2D eigenvalue weighted by molar-refractivity contribution is 6.41. The van der Waals surface area contributed by atoms with E-state index < -0.39 is 0 Å². The van der Waals surface area contributed by atoms with Crippen LogP contribution in [0.5, 0.6) is 11.5 Å². The number of hydrogen-bond donors (Lipinski definition) is 2. The minimum absolute atomic E-state index is 0.00352. The van der Waals surface area contributed by atoms with E-state index in [4.69, 9.17) is 47.1 Å². The lowest BCUT2D eigenvalue weighted by molar-refractivity contribution is -0.115. The Hall–Kier alpha value is -3.11. The van der Waals surface area contributed by atoms with Gasteiger partial charge in [0.1, 0.15) is 23.1 Å². The van der Waals surface area contributed by atoms with Crippen molar-refractivity contribution in [3.63, 3.8) is 0 Å². The van der Waals surface area contributed by atoms with E-state index in [-0.39, 0.29) is 23.8 Å². The van der Waals surface area contributed by atoms with E-state index in [1.807, 2.05) is 12.1 Å². The molecule has 2 fully saturated rings. The second-order valence-electron chi connectivity index (χ2n) is 9.23. The summed E-state index contributed by atoms with van der Waals surface area (Å²) < 4.78 is 21.9. The molecule has 11 heteroatoms. The number of fused-ring (bicyclic) bond motifs is 1. The molecule has 2 aromatic heterocycles. The summed E-state index contributed by atoms with van der Waals surface area (Å²) in [5.41, 5.74) is 1.04. The lowest BCUT2D eigenvalue weighted by Crippen LogP contribution is -2.40. The molecule has 0 aliphatic carbocycles. The Morgan fingerprint density at radius 1 is 1.08 bits per heavy atom. The topological polar surface area (TPSA) is 104 Å². The molecule has 38 heavy (non-hydrogen) atoms. The number of ketones is 1. The van der Waals surface area contributed by atoms with Crippen LogP contribution in [0.3, 0.4) is 0 Å². The summed E-state index contributed by atoms with van der Waals surface area (Å²) in [6.07, 6.45) is 3.50. The van der Waals surface area contributed by atoms with Gasteiger partial charge < -0.3 is 29.6 Å². The molecule has 0 spiro atoms. The number of anilines is 2. The van der Waals surface area contributed by atoms with Crippen molar-refractivity contribution in [2.75, 3.05) is 51.3 Å². The van der Waals surface area contributed by atoms with Gasteiger partial charge in [-0.1, -0.05) is 29.8 Å². The Balaban J connectivity index is 1.55. The maximum absolute atomic E-state index is 11.9. The van der Waals surface area contributed by atoms with Crippen molar-refractivity contribution in [2.45, 2.75) is 18.5 Å². The Morgan fingerprint density at radius 2 is 1.79 bits per heavy atom. The number of nitrogens with one attached hydrogen (secondary N) is 2. The molecule has 3 aromatic rings. The zero-order valence-electron chi connectivity index (χ0n) is 21.1. The zero-order chi connectivity index (χ0) is 26.8. The van der Waals surface area contributed by atoms with Crippen LogP contribution in [0.25, 0.3) is 22.0 Å². The van der Waals surface area contributed by atoms with Gasteiger partial charge in [-0.25, -0.2) is 9.97 Å². The summed E-state index contributed by atoms with van der Waals surface area (Å²) in [6, 6.07) is 5.53.